The number of carbonyl (C=O) groups is 2. The van der Waals surface area contributed by atoms with Gasteiger partial charge in [-0.1, -0.05) is 30.3 Å². The molecule has 8 heteroatoms. The Morgan fingerprint density at radius 1 is 1.15 bits per heavy atom. The van der Waals surface area contributed by atoms with E-state index in [0.29, 0.717) is 39.4 Å². The van der Waals surface area contributed by atoms with Crippen LogP contribution in [0, 0.1) is 0 Å². The zero-order chi connectivity index (χ0) is 23.1. The number of fused-ring (bicyclic) bond motifs is 2. The van der Waals surface area contributed by atoms with Gasteiger partial charge >= 0.3 is 0 Å². The maximum Gasteiger partial charge on any atom is 0.265 e. The first-order valence-corrected chi connectivity index (χ1v) is 10.8. The molecule has 0 radical (unpaired) electrons. The van der Waals surface area contributed by atoms with Crippen LogP contribution in [0.2, 0.25) is 0 Å². The number of hydrogen-bond acceptors (Lipinski definition) is 5. The zero-order valence-corrected chi connectivity index (χ0v) is 18.5. The first-order chi connectivity index (χ1) is 15.9. The lowest BCUT2D eigenvalue weighted by atomic mass is 10.1. The van der Waals surface area contributed by atoms with Gasteiger partial charge in [0.15, 0.2) is 11.8 Å². The fraction of sp³-hybridized carbons (Fsp3) is 0.200. The summed E-state index contributed by atoms with van der Waals surface area (Å²) in [5.41, 5.74) is 3.78. The summed E-state index contributed by atoms with van der Waals surface area (Å²) in [7, 11) is 0. The predicted octanol–water partition coefficient (Wildman–Crippen LogP) is 4.65. The van der Waals surface area contributed by atoms with Crippen molar-refractivity contribution < 1.29 is 14.3 Å². The quantitative estimate of drug-likeness (QED) is 0.480. The van der Waals surface area contributed by atoms with E-state index in [4.69, 9.17) is 9.72 Å². The van der Waals surface area contributed by atoms with Gasteiger partial charge < -0.3 is 15.4 Å². The van der Waals surface area contributed by atoms with Gasteiger partial charge in [0.05, 0.1) is 28.5 Å². The standard InChI is InChI=1S/C25H23N5O3/c1-14(2)30-23-19(13-26-30)18(12-20(28-23)16-7-5-4-6-8-16)25(32)27-17-9-10-22-21(11-17)29-24(31)15(3)33-22/h4-15H,1-3H3,(H,27,32)(H,29,31)/t15-/m1/s1. The number of ether oxygens (including phenoxy) is 1. The number of benzene rings is 2. The highest BCUT2D eigenvalue weighted by Gasteiger charge is 2.24. The van der Waals surface area contributed by atoms with Crippen LogP contribution in [0.5, 0.6) is 5.75 Å². The van der Waals surface area contributed by atoms with Gasteiger partial charge in [-0.05, 0) is 45.0 Å². The Balaban J connectivity index is 1.54. The van der Waals surface area contributed by atoms with Crippen molar-refractivity contribution in [2.24, 2.45) is 0 Å². The second kappa shape index (κ2) is 8.05. The summed E-state index contributed by atoms with van der Waals surface area (Å²) in [6.07, 6.45) is 1.12. The lowest BCUT2D eigenvalue weighted by Gasteiger charge is -2.23. The number of hydrogen-bond donors (Lipinski definition) is 2. The molecule has 0 saturated carbocycles. The number of carbonyl (C=O) groups excluding carboxylic acids is 2. The van der Waals surface area contributed by atoms with Crippen molar-refractivity contribution in [3.8, 4) is 17.0 Å². The normalized spacial score (nSPS) is 15.2. The average molecular weight is 441 g/mol. The number of anilines is 2. The molecule has 5 rings (SSSR count). The maximum atomic E-state index is 13.4. The first kappa shape index (κ1) is 20.7. The highest BCUT2D eigenvalue weighted by Crippen LogP contribution is 2.33. The van der Waals surface area contributed by atoms with E-state index in [2.05, 4.69) is 15.7 Å². The third-order valence-corrected chi connectivity index (χ3v) is 5.54. The summed E-state index contributed by atoms with van der Waals surface area (Å²) in [5.74, 6) is 0.0469. The van der Waals surface area contributed by atoms with Crippen molar-refractivity contribution in [2.75, 3.05) is 10.6 Å². The number of nitrogens with one attached hydrogen (secondary N) is 2. The molecule has 1 atom stereocenters. The molecule has 3 heterocycles. The van der Waals surface area contributed by atoms with Crippen LogP contribution in [0.25, 0.3) is 22.3 Å². The maximum absolute atomic E-state index is 13.4. The van der Waals surface area contributed by atoms with Crippen LogP contribution in [0.3, 0.4) is 0 Å². The van der Waals surface area contributed by atoms with Crippen LogP contribution in [-0.2, 0) is 4.79 Å². The van der Waals surface area contributed by atoms with E-state index in [1.54, 1.807) is 37.4 Å². The molecule has 166 valence electrons. The van der Waals surface area contributed by atoms with Crippen LogP contribution in [0.15, 0.2) is 60.8 Å². The summed E-state index contributed by atoms with van der Waals surface area (Å²) in [5, 5.41) is 10.9. The highest BCUT2D eigenvalue weighted by molar-refractivity contribution is 6.13. The Hall–Kier alpha value is -4.20. The van der Waals surface area contributed by atoms with Crippen molar-refractivity contribution in [2.45, 2.75) is 32.9 Å². The van der Waals surface area contributed by atoms with Crippen molar-refractivity contribution in [1.82, 2.24) is 14.8 Å². The number of amides is 2. The van der Waals surface area contributed by atoms with E-state index in [0.717, 1.165) is 5.56 Å². The summed E-state index contributed by atoms with van der Waals surface area (Å²) in [6.45, 7) is 5.73. The minimum absolute atomic E-state index is 0.0867. The van der Waals surface area contributed by atoms with Crippen LogP contribution in [0.1, 0.15) is 37.2 Å². The Bertz CT molecular complexity index is 1380. The van der Waals surface area contributed by atoms with E-state index in [1.165, 1.54) is 0 Å². The van der Waals surface area contributed by atoms with Gasteiger partial charge in [-0.15, -0.1) is 0 Å². The van der Waals surface area contributed by atoms with Crippen LogP contribution >= 0.6 is 0 Å². The molecule has 0 bridgehead atoms. The van der Waals surface area contributed by atoms with E-state index in [-0.39, 0.29) is 17.9 Å². The van der Waals surface area contributed by atoms with Crippen LogP contribution in [0.4, 0.5) is 11.4 Å². The first-order valence-electron chi connectivity index (χ1n) is 10.8. The molecule has 0 saturated heterocycles. The molecule has 1 aliphatic rings. The molecule has 2 N–H and O–H groups in total. The number of pyridine rings is 1. The molecule has 0 aliphatic carbocycles. The van der Waals surface area contributed by atoms with Gasteiger partial charge in [0, 0.05) is 17.3 Å². The van der Waals surface area contributed by atoms with Crippen molar-refractivity contribution in [3.63, 3.8) is 0 Å². The minimum atomic E-state index is -0.558. The summed E-state index contributed by atoms with van der Waals surface area (Å²) in [4.78, 5) is 30.1. The number of rotatable bonds is 4. The number of aromatic nitrogens is 3. The summed E-state index contributed by atoms with van der Waals surface area (Å²) >= 11 is 0. The molecule has 2 amide bonds. The molecule has 0 unspecified atom stereocenters. The van der Waals surface area contributed by atoms with E-state index in [9.17, 15) is 9.59 Å². The zero-order valence-electron chi connectivity index (χ0n) is 18.5. The SMILES string of the molecule is CC(C)n1ncc2c(C(=O)Nc3ccc4c(c3)NC(=O)[C@@H](C)O4)cc(-c3ccccc3)nc21. The van der Waals surface area contributed by atoms with Crippen molar-refractivity contribution in [1.29, 1.82) is 0 Å². The molecule has 2 aromatic carbocycles. The smallest absolute Gasteiger partial charge is 0.265 e. The molecule has 0 fully saturated rings. The van der Waals surface area contributed by atoms with E-state index < -0.39 is 6.10 Å². The van der Waals surface area contributed by atoms with E-state index in [1.807, 2.05) is 48.9 Å². The molecular formula is C25H23N5O3. The van der Waals surface area contributed by atoms with Crippen LogP contribution in [-0.4, -0.2) is 32.7 Å². The second-order valence-corrected chi connectivity index (χ2v) is 8.26. The molecule has 1 aliphatic heterocycles. The molecule has 0 spiro atoms. The van der Waals surface area contributed by atoms with E-state index >= 15 is 0 Å². The highest BCUT2D eigenvalue weighted by atomic mass is 16.5. The Morgan fingerprint density at radius 2 is 1.94 bits per heavy atom. The summed E-state index contributed by atoms with van der Waals surface area (Å²) < 4.78 is 7.40. The third-order valence-electron chi connectivity index (χ3n) is 5.54. The third kappa shape index (κ3) is 3.80. The Morgan fingerprint density at radius 3 is 2.70 bits per heavy atom. The van der Waals surface area contributed by atoms with Gasteiger partial charge in [-0.25, -0.2) is 9.67 Å². The molecule has 33 heavy (non-hydrogen) atoms. The molecular weight excluding hydrogens is 418 g/mol. The Labute approximate surface area is 190 Å². The summed E-state index contributed by atoms with van der Waals surface area (Å²) in [6, 6.07) is 16.8. The fourth-order valence-corrected chi connectivity index (χ4v) is 3.83. The fourth-order valence-electron chi connectivity index (χ4n) is 3.83. The van der Waals surface area contributed by atoms with Gasteiger partial charge in [0.2, 0.25) is 0 Å². The minimum Gasteiger partial charge on any atom is -0.479 e. The second-order valence-electron chi connectivity index (χ2n) is 8.26. The average Bonchev–Trinajstić information content (AvgIpc) is 3.24. The topological polar surface area (TPSA) is 98.1 Å². The van der Waals surface area contributed by atoms with Gasteiger partial charge in [0.25, 0.3) is 11.8 Å². The predicted molar refractivity (Wildman–Crippen MR) is 126 cm³/mol. The number of nitrogens with zero attached hydrogens (tertiary/aromatic N) is 3. The Kier molecular flexibility index (Phi) is 5.05. The van der Waals surface area contributed by atoms with Crippen LogP contribution < -0.4 is 15.4 Å². The lowest BCUT2D eigenvalue weighted by molar-refractivity contribution is -0.122. The lowest BCUT2D eigenvalue weighted by Crippen LogP contribution is -2.34. The van der Waals surface area contributed by atoms with Crippen molar-refractivity contribution in [3.05, 3.63) is 66.4 Å². The van der Waals surface area contributed by atoms with Gasteiger partial charge in [0.1, 0.15) is 5.75 Å². The van der Waals surface area contributed by atoms with Gasteiger partial charge in [-0.2, -0.15) is 5.10 Å². The van der Waals surface area contributed by atoms with Gasteiger partial charge in [-0.3, -0.25) is 9.59 Å². The largest absolute Gasteiger partial charge is 0.479 e. The molecule has 8 nitrogen and oxygen atoms in total. The molecule has 2 aromatic heterocycles. The van der Waals surface area contributed by atoms with Crippen molar-refractivity contribution >= 4 is 34.2 Å². The monoisotopic (exact) mass is 441 g/mol. The molecule has 4 aromatic rings.